The van der Waals surface area contributed by atoms with Crippen molar-refractivity contribution in [3.63, 3.8) is 0 Å². The molecule has 0 aliphatic carbocycles. The lowest BCUT2D eigenvalue weighted by Crippen LogP contribution is -2.43. The number of hydrogen-bond donors (Lipinski definition) is 2. The van der Waals surface area contributed by atoms with Gasteiger partial charge in [0.25, 0.3) is 5.69 Å². The average Bonchev–Trinajstić information content (AvgIpc) is 2.73. The Balaban J connectivity index is 1.49. The second kappa shape index (κ2) is 9.99. The van der Waals surface area contributed by atoms with Crippen molar-refractivity contribution in [1.82, 2.24) is 9.62 Å². The van der Waals surface area contributed by atoms with E-state index >= 15 is 0 Å². The third kappa shape index (κ3) is 6.58. The fourth-order valence-corrected chi connectivity index (χ4v) is 4.68. The number of piperidine rings is 1. The minimum atomic E-state index is -3.56. The molecule has 3 rings (SSSR count). The third-order valence-electron chi connectivity index (χ3n) is 5.23. The molecule has 1 atom stereocenters. The highest BCUT2D eigenvalue weighted by Gasteiger charge is 2.24. The highest BCUT2D eigenvalue weighted by Crippen LogP contribution is 2.18. The summed E-state index contributed by atoms with van der Waals surface area (Å²) in [6, 6.07) is 12.4. The van der Waals surface area contributed by atoms with E-state index in [9.17, 15) is 23.3 Å². The number of hydrogen-bond acceptors (Lipinski definition) is 6. The number of nitrogens with one attached hydrogen (secondary N) is 2. The highest BCUT2D eigenvalue weighted by atomic mass is 32.2. The van der Waals surface area contributed by atoms with E-state index in [1.807, 2.05) is 11.8 Å². The van der Waals surface area contributed by atoms with Crippen molar-refractivity contribution >= 4 is 27.3 Å². The Labute approximate surface area is 181 Å². The van der Waals surface area contributed by atoms with Crippen LogP contribution in [0.15, 0.2) is 53.4 Å². The van der Waals surface area contributed by atoms with E-state index in [0.717, 1.165) is 24.9 Å². The van der Waals surface area contributed by atoms with Crippen LogP contribution in [0.3, 0.4) is 0 Å². The summed E-state index contributed by atoms with van der Waals surface area (Å²) in [5.41, 5.74) is 1.45. The van der Waals surface area contributed by atoms with Crippen LogP contribution in [-0.4, -0.2) is 50.3 Å². The molecule has 2 N–H and O–H groups in total. The first-order valence-electron chi connectivity index (χ1n) is 10.1. The van der Waals surface area contributed by atoms with Crippen molar-refractivity contribution in [3.8, 4) is 0 Å². The molecule has 1 amide bonds. The molecule has 2 aromatic rings. The molecule has 1 saturated heterocycles. The number of anilines is 1. The summed E-state index contributed by atoms with van der Waals surface area (Å²) in [4.78, 5) is 24.8. The molecule has 1 aliphatic heterocycles. The molecule has 10 heteroatoms. The van der Waals surface area contributed by atoms with Gasteiger partial charge < -0.3 is 5.32 Å². The summed E-state index contributed by atoms with van der Waals surface area (Å²) in [5.74, 6) is -0.101. The number of likely N-dealkylation sites (tertiary alicyclic amines) is 1. The average molecular weight is 447 g/mol. The molecular formula is C21H26N4O5S. The number of non-ortho nitro benzene ring substituents is 1. The van der Waals surface area contributed by atoms with Crippen LogP contribution in [0.5, 0.6) is 0 Å². The van der Waals surface area contributed by atoms with Gasteiger partial charge in [0.2, 0.25) is 15.9 Å². The van der Waals surface area contributed by atoms with E-state index in [4.69, 9.17) is 0 Å². The maximum atomic E-state index is 12.5. The van der Waals surface area contributed by atoms with E-state index in [1.54, 1.807) is 24.3 Å². The lowest BCUT2D eigenvalue weighted by atomic mass is 9.98. The predicted octanol–water partition coefficient (Wildman–Crippen LogP) is 2.53. The molecule has 1 heterocycles. The van der Waals surface area contributed by atoms with Gasteiger partial charge in [0.05, 0.1) is 16.4 Å². The first kappa shape index (κ1) is 22.9. The first-order valence-corrected chi connectivity index (χ1v) is 11.5. The number of carbonyl (C=O) groups excluding carboxylic acids is 1. The van der Waals surface area contributed by atoms with E-state index in [1.165, 1.54) is 24.3 Å². The van der Waals surface area contributed by atoms with Gasteiger partial charge in [0.1, 0.15) is 0 Å². The van der Waals surface area contributed by atoms with Crippen LogP contribution >= 0.6 is 0 Å². The molecule has 166 valence electrons. The summed E-state index contributed by atoms with van der Waals surface area (Å²) < 4.78 is 27.6. The zero-order valence-electron chi connectivity index (χ0n) is 17.3. The summed E-state index contributed by atoms with van der Waals surface area (Å²) in [6.07, 6.45) is 1.76. The monoisotopic (exact) mass is 446 g/mol. The van der Waals surface area contributed by atoms with E-state index in [-0.39, 0.29) is 29.0 Å². The largest absolute Gasteiger partial charge is 0.325 e. The Hall–Kier alpha value is -2.82. The number of nitrogens with zero attached hydrogens (tertiary/aromatic N) is 2. The van der Waals surface area contributed by atoms with Crippen LogP contribution in [0.4, 0.5) is 11.4 Å². The van der Waals surface area contributed by atoms with Gasteiger partial charge in [0.15, 0.2) is 0 Å². The zero-order valence-corrected chi connectivity index (χ0v) is 18.1. The second-order valence-electron chi connectivity index (χ2n) is 7.76. The number of carbonyl (C=O) groups is 1. The Morgan fingerprint density at radius 3 is 2.48 bits per heavy atom. The maximum absolute atomic E-state index is 12.5. The van der Waals surface area contributed by atoms with E-state index in [2.05, 4.69) is 10.0 Å². The van der Waals surface area contributed by atoms with Gasteiger partial charge in [-0.1, -0.05) is 17.7 Å². The molecule has 0 saturated carbocycles. The van der Waals surface area contributed by atoms with Crippen molar-refractivity contribution in [3.05, 3.63) is 64.2 Å². The SMILES string of the molecule is Cc1ccc(S(=O)(=O)NCC2CCCN(CC(=O)Nc3ccc([N+](=O)[O-])cc3)C2)cc1. The van der Waals surface area contributed by atoms with Gasteiger partial charge in [-0.3, -0.25) is 19.8 Å². The van der Waals surface area contributed by atoms with Crippen LogP contribution in [-0.2, 0) is 14.8 Å². The Kier molecular flexibility index (Phi) is 7.37. The standard InChI is InChI=1S/C21H26N4O5S/c1-16-4-10-20(11-5-16)31(29,30)22-13-17-3-2-12-24(14-17)15-21(26)23-18-6-8-19(9-7-18)25(27)28/h4-11,17,22H,2-3,12-15H2,1H3,(H,23,26). The number of nitro groups is 1. The van der Waals surface area contributed by atoms with Crippen LogP contribution in [0.1, 0.15) is 18.4 Å². The normalized spacial score (nSPS) is 17.3. The first-order chi connectivity index (χ1) is 14.7. The molecule has 0 spiro atoms. The smallest absolute Gasteiger partial charge is 0.269 e. The summed E-state index contributed by atoms with van der Waals surface area (Å²) in [5, 5.41) is 13.4. The lowest BCUT2D eigenvalue weighted by molar-refractivity contribution is -0.384. The van der Waals surface area contributed by atoms with Gasteiger partial charge in [-0.2, -0.15) is 0 Å². The molecule has 31 heavy (non-hydrogen) atoms. The molecule has 1 aliphatic rings. The Morgan fingerprint density at radius 1 is 1.16 bits per heavy atom. The minimum absolute atomic E-state index is 0.0371. The van der Waals surface area contributed by atoms with Crippen LogP contribution < -0.4 is 10.0 Å². The van der Waals surface area contributed by atoms with Crippen LogP contribution in [0.2, 0.25) is 0 Å². The van der Waals surface area contributed by atoms with Gasteiger partial charge in [0, 0.05) is 30.9 Å². The summed E-state index contributed by atoms with van der Waals surface area (Å²) in [7, 11) is -3.56. The van der Waals surface area contributed by atoms with Crippen molar-refractivity contribution in [1.29, 1.82) is 0 Å². The molecule has 1 unspecified atom stereocenters. The molecule has 0 bridgehead atoms. The highest BCUT2D eigenvalue weighted by molar-refractivity contribution is 7.89. The topological polar surface area (TPSA) is 122 Å². The summed E-state index contributed by atoms with van der Waals surface area (Å²) >= 11 is 0. The molecule has 0 aromatic heterocycles. The quantitative estimate of drug-likeness (QED) is 0.475. The Bertz CT molecular complexity index is 1020. The number of nitro benzene ring substituents is 1. The number of rotatable bonds is 8. The van der Waals surface area contributed by atoms with Gasteiger partial charge in [-0.25, -0.2) is 13.1 Å². The minimum Gasteiger partial charge on any atom is -0.325 e. The second-order valence-corrected chi connectivity index (χ2v) is 9.53. The van der Waals surface area contributed by atoms with E-state index in [0.29, 0.717) is 18.8 Å². The number of sulfonamides is 1. The van der Waals surface area contributed by atoms with Crippen LogP contribution in [0.25, 0.3) is 0 Å². The van der Waals surface area contributed by atoms with Crippen molar-refractivity contribution < 1.29 is 18.1 Å². The molecular weight excluding hydrogens is 420 g/mol. The number of aryl methyl sites for hydroxylation is 1. The number of amides is 1. The van der Waals surface area contributed by atoms with E-state index < -0.39 is 14.9 Å². The van der Waals surface area contributed by atoms with Gasteiger partial charge in [-0.05, 0) is 56.5 Å². The molecule has 1 fully saturated rings. The zero-order chi connectivity index (χ0) is 22.4. The Morgan fingerprint density at radius 2 is 1.84 bits per heavy atom. The fourth-order valence-electron chi connectivity index (χ4n) is 3.56. The van der Waals surface area contributed by atoms with Crippen molar-refractivity contribution in [2.75, 3.05) is 31.5 Å². The van der Waals surface area contributed by atoms with Crippen LogP contribution in [0, 0.1) is 23.0 Å². The predicted molar refractivity (Wildman–Crippen MR) is 117 cm³/mol. The molecule has 2 aromatic carbocycles. The van der Waals surface area contributed by atoms with Crippen molar-refractivity contribution in [2.45, 2.75) is 24.7 Å². The van der Waals surface area contributed by atoms with Gasteiger partial charge >= 0.3 is 0 Å². The number of benzene rings is 2. The fraction of sp³-hybridized carbons (Fsp3) is 0.381. The lowest BCUT2D eigenvalue weighted by Gasteiger charge is -2.32. The maximum Gasteiger partial charge on any atom is 0.269 e. The van der Waals surface area contributed by atoms with Gasteiger partial charge in [-0.15, -0.1) is 0 Å². The third-order valence-corrected chi connectivity index (χ3v) is 6.66. The molecule has 9 nitrogen and oxygen atoms in total. The molecule has 0 radical (unpaired) electrons. The summed E-state index contributed by atoms with van der Waals surface area (Å²) in [6.45, 7) is 3.77. The van der Waals surface area contributed by atoms with Crippen molar-refractivity contribution in [2.24, 2.45) is 5.92 Å².